The average Bonchev–Trinajstić information content (AvgIpc) is 2.38. The summed E-state index contributed by atoms with van der Waals surface area (Å²) in [7, 11) is 0. The topological polar surface area (TPSA) is 59.0 Å². The van der Waals surface area contributed by atoms with Gasteiger partial charge in [0.1, 0.15) is 17.6 Å². The maximum Gasteiger partial charge on any atom is 0.145 e. The van der Waals surface area contributed by atoms with Crippen LogP contribution in [0.3, 0.4) is 0 Å². The first-order valence-corrected chi connectivity index (χ1v) is 6.25. The van der Waals surface area contributed by atoms with Crippen molar-refractivity contribution in [3.8, 4) is 17.6 Å². The lowest BCUT2D eigenvalue weighted by atomic mass is 10.1. The van der Waals surface area contributed by atoms with E-state index in [0.717, 1.165) is 5.56 Å². The normalized spacial score (nSPS) is 10.0. The Bertz CT molecular complexity index is 630. The molecule has 0 aromatic heterocycles. The van der Waals surface area contributed by atoms with Crippen molar-refractivity contribution < 1.29 is 4.74 Å². The fourth-order valence-corrected chi connectivity index (χ4v) is 2.10. The summed E-state index contributed by atoms with van der Waals surface area (Å²) in [5.74, 6) is 0.924. The van der Waals surface area contributed by atoms with Gasteiger partial charge >= 0.3 is 0 Å². The molecular weight excluding hydrogens is 283 g/mol. The van der Waals surface area contributed by atoms with Crippen molar-refractivity contribution in [1.29, 1.82) is 5.26 Å². The van der Waals surface area contributed by atoms with E-state index in [1.807, 2.05) is 6.07 Å². The predicted octanol–water partition coefficient (Wildman–Crippen LogP) is 4.12. The summed E-state index contributed by atoms with van der Waals surface area (Å²) in [5.41, 5.74) is 6.81. The monoisotopic (exact) mass is 292 g/mol. The van der Waals surface area contributed by atoms with Crippen LogP contribution in [0.15, 0.2) is 36.4 Å². The summed E-state index contributed by atoms with van der Waals surface area (Å²) in [5, 5.41) is 10.0. The Morgan fingerprint density at radius 2 is 1.79 bits per heavy atom. The van der Waals surface area contributed by atoms with Gasteiger partial charge in [-0.05, 0) is 35.9 Å². The van der Waals surface area contributed by atoms with E-state index in [1.165, 1.54) is 0 Å². The maximum absolute atomic E-state index is 9.10. The molecular formula is C14H10Cl2N2O. The van der Waals surface area contributed by atoms with Gasteiger partial charge in [-0.25, -0.2) is 0 Å². The van der Waals surface area contributed by atoms with Gasteiger partial charge in [0, 0.05) is 16.6 Å². The van der Waals surface area contributed by atoms with Gasteiger partial charge in [0.15, 0.2) is 0 Å². The third kappa shape index (κ3) is 3.39. The van der Waals surface area contributed by atoms with Gasteiger partial charge in [-0.3, -0.25) is 0 Å². The van der Waals surface area contributed by atoms with Crippen LogP contribution in [0.2, 0.25) is 10.0 Å². The number of hydrogen-bond donors (Lipinski definition) is 1. The summed E-state index contributed by atoms with van der Waals surface area (Å²) in [6, 6.07) is 12.2. The van der Waals surface area contributed by atoms with E-state index < -0.39 is 0 Å². The molecule has 2 aromatic rings. The van der Waals surface area contributed by atoms with Crippen LogP contribution in [-0.2, 0) is 6.54 Å². The number of nitrogens with two attached hydrogens (primary N) is 1. The first-order chi connectivity index (χ1) is 9.12. The number of nitriles is 1. The molecule has 0 saturated heterocycles. The van der Waals surface area contributed by atoms with Crippen molar-refractivity contribution in [2.75, 3.05) is 0 Å². The molecule has 0 fully saturated rings. The zero-order chi connectivity index (χ0) is 13.8. The van der Waals surface area contributed by atoms with Gasteiger partial charge in [-0.1, -0.05) is 29.3 Å². The second kappa shape index (κ2) is 5.94. The molecule has 0 spiro atoms. The minimum absolute atomic E-state index is 0.373. The van der Waals surface area contributed by atoms with Crippen molar-refractivity contribution in [3.05, 3.63) is 57.6 Å². The van der Waals surface area contributed by atoms with Crippen LogP contribution in [0.1, 0.15) is 11.1 Å². The third-order valence-corrected chi connectivity index (χ3v) is 2.90. The van der Waals surface area contributed by atoms with Crippen molar-refractivity contribution >= 4 is 23.2 Å². The Hall–Kier alpha value is -1.73. The second-order valence-corrected chi connectivity index (χ2v) is 4.73. The summed E-state index contributed by atoms with van der Waals surface area (Å²) in [4.78, 5) is 0. The Labute approximate surface area is 121 Å². The van der Waals surface area contributed by atoms with E-state index in [1.54, 1.807) is 30.3 Å². The Kier molecular flexibility index (Phi) is 4.28. The average molecular weight is 293 g/mol. The van der Waals surface area contributed by atoms with E-state index >= 15 is 0 Å². The number of hydrogen-bond acceptors (Lipinski definition) is 3. The van der Waals surface area contributed by atoms with E-state index in [4.69, 9.17) is 38.9 Å². The Balaban J connectivity index is 2.35. The molecule has 96 valence electrons. The molecule has 5 heteroatoms. The summed E-state index contributed by atoms with van der Waals surface area (Å²) in [6.45, 7) is 0.373. The predicted molar refractivity (Wildman–Crippen MR) is 75.6 cm³/mol. The number of rotatable bonds is 3. The van der Waals surface area contributed by atoms with E-state index in [9.17, 15) is 0 Å². The maximum atomic E-state index is 9.10. The van der Waals surface area contributed by atoms with Gasteiger partial charge in [0.2, 0.25) is 0 Å². The molecule has 0 unspecified atom stereocenters. The molecule has 0 aliphatic heterocycles. The van der Waals surface area contributed by atoms with Crippen molar-refractivity contribution in [1.82, 2.24) is 0 Å². The summed E-state index contributed by atoms with van der Waals surface area (Å²) < 4.78 is 5.63. The van der Waals surface area contributed by atoms with Crippen LogP contribution in [0.5, 0.6) is 11.5 Å². The fraction of sp³-hybridized carbons (Fsp3) is 0.0714. The number of benzene rings is 2. The standard InChI is InChI=1S/C14H10Cl2N2O/c15-11-4-12(16)6-13(5-11)19-14-2-1-9(7-17)3-10(14)8-18/h1-6H,7,17H2. The van der Waals surface area contributed by atoms with Crippen molar-refractivity contribution in [2.24, 2.45) is 5.73 Å². The number of halogens is 2. The lowest BCUT2D eigenvalue weighted by Crippen LogP contribution is -1.97. The molecule has 0 aliphatic carbocycles. The molecule has 0 aliphatic rings. The number of ether oxygens (including phenoxy) is 1. The smallest absolute Gasteiger partial charge is 0.145 e. The van der Waals surface area contributed by atoms with Gasteiger partial charge < -0.3 is 10.5 Å². The SMILES string of the molecule is N#Cc1cc(CN)ccc1Oc1cc(Cl)cc(Cl)c1. The van der Waals surface area contributed by atoms with Crippen LogP contribution in [-0.4, -0.2) is 0 Å². The molecule has 3 nitrogen and oxygen atoms in total. The summed E-state index contributed by atoms with van der Waals surface area (Å²) >= 11 is 11.8. The molecule has 2 aromatic carbocycles. The molecule has 2 N–H and O–H groups in total. The minimum Gasteiger partial charge on any atom is -0.456 e. The van der Waals surface area contributed by atoms with E-state index in [-0.39, 0.29) is 0 Å². The first kappa shape index (κ1) is 13.7. The second-order valence-electron chi connectivity index (χ2n) is 3.85. The van der Waals surface area contributed by atoms with Gasteiger partial charge in [-0.15, -0.1) is 0 Å². The number of nitrogens with zero attached hydrogens (tertiary/aromatic N) is 1. The summed E-state index contributed by atoms with van der Waals surface area (Å²) in [6.07, 6.45) is 0. The zero-order valence-electron chi connectivity index (χ0n) is 9.86. The Morgan fingerprint density at radius 3 is 2.37 bits per heavy atom. The fourth-order valence-electron chi connectivity index (χ4n) is 1.59. The van der Waals surface area contributed by atoms with Crippen molar-refractivity contribution in [2.45, 2.75) is 6.54 Å². The quantitative estimate of drug-likeness (QED) is 0.926. The van der Waals surface area contributed by atoms with Crippen LogP contribution < -0.4 is 10.5 Å². The van der Waals surface area contributed by atoms with Crippen LogP contribution in [0, 0.1) is 11.3 Å². The highest BCUT2D eigenvalue weighted by Gasteiger charge is 2.07. The highest BCUT2D eigenvalue weighted by molar-refractivity contribution is 6.34. The first-order valence-electron chi connectivity index (χ1n) is 5.49. The molecule has 0 atom stereocenters. The highest BCUT2D eigenvalue weighted by atomic mass is 35.5. The van der Waals surface area contributed by atoms with Gasteiger partial charge in [0.25, 0.3) is 0 Å². The molecule has 19 heavy (non-hydrogen) atoms. The van der Waals surface area contributed by atoms with E-state index in [0.29, 0.717) is 33.7 Å². The molecule has 2 rings (SSSR count). The molecule has 0 bridgehead atoms. The molecule has 0 amide bonds. The third-order valence-electron chi connectivity index (χ3n) is 2.46. The Morgan fingerprint density at radius 1 is 1.11 bits per heavy atom. The van der Waals surface area contributed by atoms with Gasteiger partial charge in [0.05, 0.1) is 5.56 Å². The molecule has 0 heterocycles. The highest BCUT2D eigenvalue weighted by Crippen LogP contribution is 2.30. The molecule has 0 saturated carbocycles. The van der Waals surface area contributed by atoms with Crippen LogP contribution in [0.4, 0.5) is 0 Å². The van der Waals surface area contributed by atoms with E-state index in [2.05, 4.69) is 6.07 Å². The lowest BCUT2D eigenvalue weighted by molar-refractivity contribution is 0.481. The van der Waals surface area contributed by atoms with Gasteiger partial charge in [-0.2, -0.15) is 5.26 Å². The largest absolute Gasteiger partial charge is 0.456 e. The molecule has 0 radical (unpaired) electrons. The zero-order valence-corrected chi connectivity index (χ0v) is 11.4. The lowest BCUT2D eigenvalue weighted by Gasteiger charge is -2.09. The van der Waals surface area contributed by atoms with Crippen LogP contribution in [0.25, 0.3) is 0 Å². The minimum atomic E-state index is 0.373. The van der Waals surface area contributed by atoms with Crippen molar-refractivity contribution in [3.63, 3.8) is 0 Å². The van der Waals surface area contributed by atoms with Crippen LogP contribution >= 0.6 is 23.2 Å².